The summed E-state index contributed by atoms with van der Waals surface area (Å²) < 4.78 is 0. The van der Waals surface area contributed by atoms with Crippen molar-refractivity contribution in [1.29, 1.82) is 0 Å². The standard InChI is InChI=1S/C12H24N2O2/c1-9(2)10(7-13)11(16)14-12(8-15)5-3-4-6-12/h9-10,15H,3-8,13H2,1-2H3,(H,14,16). The van der Waals surface area contributed by atoms with Gasteiger partial charge in [0.25, 0.3) is 0 Å². The minimum Gasteiger partial charge on any atom is -0.394 e. The Morgan fingerprint density at radius 1 is 1.44 bits per heavy atom. The Bertz CT molecular complexity index is 235. The zero-order valence-corrected chi connectivity index (χ0v) is 10.3. The second-order valence-corrected chi connectivity index (χ2v) is 5.22. The number of rotatable bonds is 5. The SMILES string of the molecule is CC(C)C(CN)C(=O)NC1(CO)CCCC1. The lowest BCUT2D eigenvalue weighted by Crippen LogP contribution is -2.52. The molecular formula is C12H24N2O2. The Morgan fingerprint density at radius 2 is 2.00 bits per heavy atom. The lowest BCUT2D eigenvalue weighted by atomic mass is 9.92. The van der Waals surface area contributed by atoms with E-state index in [0.29, 0.717) is 6.54 Å². The fraction of sp³-hybridized carbons (Fsp3) is 0.917. The first-order chi connectivity index (χ1) is 7.54. The van der Waals surface area contributed by atoms with Crippen LogP contribution in [0, 0.1) is 11.8 Å². The van der Waals surface area contributed by atoms with Crippen LogP contribution in [0.4, 0.5) is 0 Å². The van der Waals surface area contributed by atoms with Crippen LogP contribution in [-0.4, -0.2) is 29.7 Å². The van der Waals surface area contributed by atoms with Crippen molar-refractivity contribution in [2.75, 3.05) is 13.2 Å². The summed E-state index contributed by atoms with van der Waals surface area (Å²) >= 11 is 0. The van der Waals surface area contributed by atoms with E-state index in [-0.39, 0.29) is 29.9 Å². The summed E-state index contributed by atoms with van der Waals surface area (Å²) in [7, 11) is 0. The van der Waals surface area contributed by atoms with Gasteiger partial charge in [-0.25, -0.2) is 0 Å². The third-order valence-corrected chi connectivity index (χ3v) is 3.65. The summed E-state index contributed by atoms with van der Waals surface area (Å²) in [6.45, 7) is 4.40. The van der Waals surface area contributed by atoms with Gasteiger partial charge in [-0.05, 0) is 18.8 Å². The molecule has 4 heteroatoms. The summed E-state index contributed by atoms with van der Waals surface area (Å²) in [6, 6.07) is 0. The first-order valence-electron chi connectivity index (χ1n) is 6.17. The lowest BCUT2D eigenvalue weighted by Gasteiger charge is -2.31. The Balaban J connectivity index is 2.61. The smallest absolute Gasteiger partial charge is 0.225 e. The molecule has 1 amide bonds. The number of hydrogen-bond donors (Lipinski definition) is 3. The van der Waals surface area contributed by atoms with E-state index in [1.54, 1.807) is 0 Å². The second kappa shape index (κ2) is 5.64. The number of carbonyl (C=O) groups is 1. The van der Waals surface area contributed by atoms with E-state index in [2.05, 4.69) is 5.32 Å². The molecule has 1 unspecified atom stereocenters. The summed E-state index contributed by atoms with van der Waals surface area (Å²) in [4.78, 5) is 12.0. The van der Waals surface area contributed by atoms with Crippen LogP contribution in [0.3, 0.4) is 0 Å². The highest BCUT2D eigenvalue weighted by Gasteiger charge is 2.36. The quantitative estimate of drug-likeness (QED) is 0.646. The van der Waals surface area contributed by atoms with Gasteiger partial charge in [0.2, 0.25) is 5.91 Å². The highest BCUT2D eigenvalue weighted by atomic mass is 16.3. The Kier molecular flexibility index (Phi) is 4.74. The number of carbonyl (C=O) groups excluding carboxylic acids is 1. The van der Waals surface area contributed by atoms with Gasteiger partial charge >= 0.3 is 0 Å². The zero-order chi connectivity index (χ0) is 12.2. The van der Waals surface area contributed by atoms with Gasteiger partial charge in [0.05, 0.1) is 18.1 Å². The van der Waals surface area contributed by atoms with Gasteiger partial charge in [-0.1, -0.05) is 26.7 Å². The maximum absolute atomic E-state index is 12.0. The number of aliphatic hydroxyl groups excluding tert-OH is 1. The molecule has 0 aromatic carbocycles. The average Bonchev–Trinajstić information content (AvgIpc) is 2.67. The molecular weight excluding hydrogens is 204 g/mol. The van der Waals surface area contributed by atoms with Gasteiger partial charge in [0.1, 0.15) is 0 Å². The van der Waals surface area contributed by atoms with Crippen LogP contribution in [0.5, 0.6) is 0 Å². The monoisotopic (exact) mass is 228 g/mol. The predicted octanol–water partition coefficient (Wildman–Crippen LogP) is 0.639. The summed E-state index contributed by atoms with van der Waals surface area (Å²) in [6.07, 6.45) is 3.92. The minimum absolute atomic E-state index is 0.00606. The number of aliphatic hydroxyl groups is 1. The molecule has 0 bridgehead atoms. The molecule has 0 spiro atoms. The van der Waals surface area contributed by atoms with Crippen molar-refractivity contribution in [3.05, 3.63) is 0 Å². The fourth-order valence-electron chi connectivity index (χ4n) is 2.41. The van der Waals surface area contributed by atoms with Crippen molar-refractivity contribution in [2.24, 2.45) is 17.6 Å². The Hall–Kier alpha value is -0.610. The van der Waals surface area contributed by atoms with Crippen molar-refractivity contribution in [3.63, 3.8) is 0 Å². The van der Waals surface area contributed by atoms with Crippen molar-refractivity contribution in [2.45, 2.75) is 45.1 Å². The lowest BCUT2D eigenvalue weighted by molar-refractivity contribution is -0.128. The molecule has 4 N–H and O–H groups in total. The molecule has 16 heavy (non-hydrogen) atoms. The predicted molar refractivity (Wildman–Crippen MR) is 63.8 cm³/mol. The van der Waals surface area contributed by atoms with E-state index < -0.39 is 0 Å². The van der Waals surface area contributed by atoms with Crippen LogP contribution in [0.25, 0.3) is 0 Å². The normalized spacial score (nSPS) is 21.1. The number of amides is 1. The molecule has 1 aliphatic rings. The van der Waals surface area contributed by atoms with Crippen molar-refractivity contribution < 1.29 is 9.90 Å². The van der Waals surface area contributed by atoms with Crippen LogP contribution in [0.1, 0.15) is 39.5 Å². The van der Waals surface area contributed by atoms with Gasteiger partial charge in [-0.15, -0.1) is 0 Å². The van der Waals surface area contributed by atoms with E-state index in [4.69, 9.17) is 5.73 Å². The Labute approximate surface area is 97.6 Å². The number of nitrogens with two attached hydrogens (primary N) is 1. The summed E-state index contributed by atoms with van der Waals surface area (Å²) in [5.41, 5.74) is 5.23. The van der Waals surface area contributed by atoms with Crippen LogP contribution >= 0.6 is 0 Å². The molecule has 1 rings (SSSR count). The van der Waals surface area contributed by atoms with Gasteiger partial charge < -0.3 is 16.2 Å². The number of hydrogen-bond acceptors (Lipinski definition) is 3. The van der Waals surface area contributed by atoms with Crippen molar-refractivity contribution >= 4 is 5.91 Å². The molecule has 0 saturated heterocycles. The van der Waals surface area contributed by atoms with Gasteiger partial charge in [-0.2, -0.15) is 0 Å². The van der Waals surface area contributed by atoms with Gasteiger partial charge in [0.15, 0.2) is 0 Å². The number of nitrogens with one attached hydrogen (secondary N) is 1. The maximum atomic E-state index is 12.0. The third-order valence-electron chi connectivity index (χ3n) is 3.65. The minimum atomic E-state index is -0.376. The van der Waals surface area contributed by atoms with E-state index in [1.807, 2.05) is 13.8 Å². The fourth-order valence-corrected chi connectivity index (χ4v) is 2.41. The van der Waals surface area contributed by atoms with E-state index >= 15 is 0 Å². The van der Waals surface area contributed by atoms with Crippen LogP contribution < -0.4 is 11.1 Å². The molecule has 1 saturated carbocycles. The Morgan fingerprint density at radius 3 is 2.38 bits per heavy atom. The third kappa shape index (κ3) is 2.95. The van der Waals surface area contributed by atoms with Crippen molar-refractivity contribution in [3.8, 4) is 0 Å². The second-order valence-electron chi connectivity index (χ2n) is 5.22. The highest BCUT2D eigenvalue weighted by molar-refractivity contribution is 5.80. The summed E-state index contributed by atoms with van der Waals surface area (Å²) in [5, 5.41) is 12.4. The molecule has 4 nitrogen and oxygen atoms in total. The van der Waals surface area contributed by atoms with Crippen LogP contribution in [0.2, 0.25) is 0 Å². The molecule has 1 aliphatic carbocycles. The summed E-state index contributed by atoms with van der Waals surface area (Å²) in [5.74, 6) is 0.0830. The van der Waals surface area contributed by atoms with Crippen LogP contribution in [0.15, 0.2) is 0 Å². The largest absolute Gasteiger partial charge is 0.394 e. The molecule has 0 aromatic rings. The molecule has 94 valence electrons. The van der Waals surface area contributed by atoms with E-state index in [1.165, 1.54) is 0 Å². The molecule has 0 aromatic heterocycles. The van der Waals surface area contributed by atoms with Crippen LogP contribution in [-0.2, 0) is 4.79 Å². The van der Waals surface area contributed by atoms with Gasteiger partial charge in [0, 0.05) is 6.54 Å². The first-order valence-corrected chi connectivity index (χ1v) is 6.17. The van der Waals surface area contributed by atoms with Crippen molar-refractivity contribution in [1.82, 2.24) is 5.32 Å². The topological polar surface area (TPSA) is 75.4 Å². The highest BCUT2D eigenvalue weighted by Crippen LogP contribution is 2.29. The molecule has 1 atom stereocenters. The molecule has 0 aliphatic heterocycles. The molecule has 0 radical (unpaired) electrons. The molecule has 1 fully saturated rings. The maximum Gasteiger partial charge on any atom is 0.225 e. The zero-order valence-electron chi connectivity index (χ0n) is 10.3. The van der Waals surface area contributed by atoms with Gasteiger partial charge in [-0.3, -0.25) is 4.79 Å². The first kappa shape index (κ1) is 13.5. The molecule has 0 heterocycles. The van der Waals surface area contributed by atoms with E-state index in [0.717, 1.165) is 25.7 Å². The average molecular weight is 228 g/mol. The van der Waals surface area contributed by atoms with E-state index in [9.17, 15) is 9.90 Å².